The van der Waals surface area contributed by atoms with Gasteiger partial charge in [0.2, 0.25) is 0 Å². The van der Waals surface area contributed by atoms with Crippen molar-refractivity contribution in [2.24, 2.45) is 0 Å². The first-order valence-electron chi connectivity index (χ1n) is 12.0. The standard InChI is InChI=1S/C25H32FN3O6S/c1-34-22-9-3-8-21(30)23(22)24(31)27-17-25(18-5-2-6-19(26)15-18)10-12-29(13-11-25)36(32,33)28-16-20-7-4-14-35-20/h2-3,5-6,8-9,15,20,28,30H,4,7,10-14,16-17H2,1H3,(H,27,31)/t20-/m1/s1. The smallest absolute Gasteiger partial charge is 0.279 e. The zero-order valence-corrected chi connectivity index (χ0v) is 21.0. The molecule has 0 radical (unpaired) electrons. The van der Waals surface area contributed by atoms with Gasteiger partial charge in [0, 0.05) is 38.2 Å². The fourth-order valence-corrected chi connectivity index (χ4v) is 6.13. The highest BCUT2D eigenvalue weighted by molar-refractivity contribution is 7.87. The lowest BCUT2D eigenvalue weighted by molar-refractivity contribution is 0.0926. The zero-order valence-electron chi connectivity index (χ0n) is 20.2. The summed E-state index contributed by atoms with van der Waals surface area (Å²) < 4.78 is 54.7. The molecular weight excluding hydrogens is 489 g/mol. The summed E-state index contributed by atoms with van der Waals surface area (Å²) in [6.45, 7) is 1.40. The molecule has 0 aromatic heterocycles. The number of rotatable bonds is 9. The molecule has 0 saturated carbocycles. The van der Waals surface area contributed by atoms with Crippen LogP contribution in [0.2, 0.25) is 0 Å². The number of nitrogens with one attached hydrogen (secondary N) is 2. The maximum Gasteiger partial charge on any atom is 0.279 e. The number of hydrogen-bond acceptors (Lipinski definition) is 6. The average Bonchev–Trinajstić information content (AvgIpc) is 3.40. The summed E-state index contributed by atoms with van der Waals surface area (Å²) in [4.78, 5) is 13.0. The number of phenols is 1. The lowest BCUT2D eigenvalue weighted by Gasteiger charge is -2.42. The van der Waals surface area contributed by atoms with Crippen LogP contribution in [0.4, 0.5) is 4.39 Å². The maximum absolute atomic E-state index is 14.2. The lowest BCUT2D eigenvalue weighted by Crippen LogP contribution is -2.53. The summed E-state index contributed by atoms with van der Waals surface area (Å²) in [5.41, 5.74) is -0.0140. The summed E-state index contributed by atoms with van der Waals surface area (Å²) in [5, 5.41) is 13.1. The van der Waals surface area contributed by atoms with Crippen LogP contribution in [-0.4, -0.2) is 69.7 Å². The number of ether oxygens (including phenoxy) is 2. The number of carbonyl (C=O) groups is 1. The number of methoxy groups -OCH3 is 1. The highest BCUT2D eigenvalue weighted by Crippen LogP contribution is 2.37. The highest BCUT2D eigenvalue weighted by atomic mass is 32.2. The van der Waals surface area contributed by atoms with E-state index in [2.05, 4.69) is 10.0 Å². The molecule has 2 aliphatic rings. The minimum atomic E-state index is -3.71. The number of nitrogens with zero attached hydrogens (tertiary/aromatic N) is 1. The fourth-order valence-electron chi connectivity index (χ4n) is 4.89. The van der Waals surface area contributed by atoms with E-state index in [-0.39, 0.29) is 49.3 Å². The summed E-state index contributed by atoms with van der Waals surface area (Å²) in [6, 6.07) is 10.7. The molecule has 196 valence electrons. The van der Waals surface area contributed by atoms with Crippen molar-refractivity contribution >= 4 is 16.1 Å². The number of amides is 1. The molecule has 2 fully saturated rings. The van der Waals surface area contributed by atoms with Gasteiger partial charge in [-0.3, -0.25) is 4.79 Å². The molecule has 2 heterocycles. The summed E-state index contributed by atoms with van der Waals surface area (Å²) in [7, 11) is -2.30. The second-order valence-corrected chi connectivity index (χ2v) is 11.0. The largest absolute Gasteiger partial charge is 0.507 e. The number of hydrogen-bond donors (Lipinski definition) is 3. The molecule has 0 bridgehead atoms. The minimum absolute atomic E-state index is 0.00716. The summed E-state index contributed by atoms with van der Waals surface area (Å²) in [6.07, 6.45) is 2.37. The lowest BCUT2D eigenvalue weighted by atomic mass is 9.73. The van der Waals surface area contributed by atoms with Crippen LogP contribution < -0.4 is 14.8 Å². The quantitative estimate of drug-likeness (QED) is 0.466. The first kappa shape index (κ1) is 26.3. The van der Waals surface area contributed by atoms with Gasteiger partial charge in [-0.1, -0.05) is 18.2 Å². The maximum atomic E-state index is 14.2. The van der Waals surface area contributed by atoms with Crippen LogP contribution in [0.5, 0.6) is 11.5 Å². The molecule has 36 heavy (non-hydrogen) atoms. The number of carbonyl (C=O) groups excluding carboxylic acids is 1. The van der Waals surface area contributed by atoms with Gasteiger partial charge in [0.25, 0.3) is 16.1 Å². The van der Waals surface area contributed by atoms with E-state index in [1.54, 1.807) is 24.3 Å². The summed E-state index contributed by atoms with van der Waals surface area (Å²) in [5.74, 6) is -0.932. The predicted octanol–water partition coefficient (Wildman–Crippen LogP) is 2.32. The van der Waals surface area contributed by atoms with E-state index in [0.29, 0.717) is 25.0 Å². The van der Waals surface area contributed by atoms with Crippen molar-refractivity contribution in [3.05, 3.63) is 59.4 Å². The molecule has 2 aromatic carbocycles. The molecule has 11 heteroatoms. The van der Waals surface area contributed by atoms with Gasteiger partial charge in [-0.05, 0) is 55.5 Å². The molecule has 0 spiro atoms. The molecule has 1 atom stereocenters. The minimum Gasteiger partial charge on any atom is -0.507 e. The topological polar surface area (TPSA) is 117 Å². The third-order valence-electron chi connectivity index (χ3n) is 7.01. The van der Waals surface area contributed by atoms with Gasteiger partial charge in [0.15, 0.2) is 0 Å². The SMILES string of the molecule is COc1cccc(O)c1C(=O)NCC1(c2cccc(F)c2)CCN(S(=O)(=O)NC[C@H]2CCCO2)CC1. The van der Waals surface area contributed by atoms with Gasteiger partial charge >= 0.3 is 0 Å². The van der Waals surface area contributed by atoms with E-state index in [1.807, 2.05) is 0 Å². The van der Waals surface area contributed by atoms with Crippen molar-refractivity contribution in [2.45, 2.75) is 37.2 Å². The number of phenolic OH excluding ortho intramolecular Hbond substituents is 1. The Hall–Kier alpha value is -2.73. The molecular formula is C25H32FN3O6S. The Kier molecular flexibility index (Phi) is 8.13. The number of piperidine rings is 1. The Morgan fingerprint density at radius 3 is 2.67 bits per heavy atom. The second-order valence-electron chi connectivity index (χ2n) is 9.22. The van der Waals surface area contributed by atoms with Crippen molar-refractivity contribution in [2.75, 3.05) is 39.9 Å². The Bertz CT molecular complexity index is 1180. The van der Waals surface area contributed by atoms with Crippen LogP contribution >= 0.6 is 0 Å². The van der Waals surface area contributed by atoms with Gasteiger partial charge in [-0.25, -0.2) is 4.39 Å². The van der Waals surface area contributed by atoms with E-state index < -0.39 is 27.3 Å². The molecule has 9 nitrogen and oxygen atoms in total. The van der Waals surface area contributed by atoms with Crippen molar-refractivity contribution in [1.29, 1.82) is 0 Å². The fraction of sp³-hybridized carbons (Fsp3) is 0.480. The van der Waals surface area contributed by atoms with Crippen molar-refractivity contribution in [1.82, 2.24) is 14.3 Å². The third-order valence-corrected chi connectivity index (χ3v) is 8.59. The molecule has 2 saturated heterocycles. The molecule has 2 aromatic rings. The molecule has 0 aliphatic carbocycles. The van der Waals surface area contributed by atoms with Crippen LogP contribution in [0.1, 0.15) is 41.6 Å². The van der Waals surface area contributed by atoms with E-state index >= 15 is 0 Å². The zero-order chi connectivity index (χ0) is 25.8. The van der Waals surface area contributed by atoms with Gasteiger partial charge in [0.1, 0.15) is 22.9 Å². The first-order chi connectivity index (χ1) is 17.2. The van der Waals surface area contributed by atoms with Crippen LogP contribution in [0.25, 0.3) is 0 Å². The van der Waals surface area contributed by atoms with Crippen molar-refractivity contribution in [3.63, 3.8) is 0 Å². The highest BCUT2D eigenvalue weighted by Gasteiger charge is 2.40. The normalized spacial score (nSPS) is 20.2. The van der Waals surface area contributed by atoms with Crippen LogP contribution in [-0.2, 0) is 20.4 Å². The third kappa shape index (κ3) is 5.80. The molecule has 4 rings (SSSR count). The van der Waals surface area contributed by atoms with Crippen LogP contribution in [0.3, 0.4) is 0 Å². The van der Waals surface area contributed by atoms with Gasteiger partial charge < -0.3 is 19.9 Å². The average molecular weight is 522 g/mol. The number of benzene rings is 2. The Morgan fingerprint density at radius 2 is 2.00 bits per heavy atom. The van der Waals surface area contributed by atoms with Crippen molar-refractivity contribution in [3.8, 4) is 11.5 Å². The van der Waals surface area contributed by atoms with Gasteiger partial charge in [0.05, 0.1) is 13.2 Å². The second kappa shape index (κ2) is 11.1. The van der Waals surface area contributed by atoms with Crippen LogP contribution in [0.15, 0.2) is 42.5 Å². The number of aromatic hydroxyl groups is 1. The summed E-state index contributed by atoms with van der Waals surface area (Å²) >= 11 is 0. The van der Waals surface area contributed by atoms with Gasteiger partial charge in [-0.15, -0.1) is 0 Å². The Balaban J connectivity index is 1.49. The van der Waals surface area contributed by atoms with Gasteiger partial charge in [-0.2, -0.15) is 17.4 Å². The van der Waals surface area contributed by atoms with E-state index in [4.69, 9.17) is 9.47 Å². The van der Waals surface area contributed by atoms with Crippen molar-refractivity contribution < 1.29 is 32.2 Å². The monoisotopic (exact) mass is 521 g/mol. The predicted molar refractivity (Wildman–Crippen MR) is 132 cm³/mol. The first-order valence-corrected chi connectivity index (χ1v) is 13.4. The van der Waals surface area contributed by atoms with E-state index in [0.717, 1.165) is 12.8 Å². The Morgan fingerprint density at radius 1 is 1.25 bits per heavy atom. The molecule has 2 aliphatic heterocycles. The number of halogens is 1. The Labute approximate surface area is 210 Å². The molecule has 0 unspecified atom stereocenters. The van der Waals surface area contributed by atoms with E-state index in [9.17, 15) is 22.7 Å². The van der Waals surface area contributed by atoms with E-state index in [1.165, 1.54) is 29.6 Å². The van der Waals surface area contributed by atoms with Crippen LogP contribution in [0, 0.1) is 5.82 Å². The molecule has 1 amide bonds. The molecule has 3 N–H and O–H groups in total.